The summed E-state index contributed by atoms with van der Waals surface area (Å²) in [6, 6.07) is 2.25. The molecule has 1 spiro atoms. The number of rotatable bonds is 3. The third-order valence-electron chi connectivity index (χ3n) is 5.10. The maximum atomic E-state index is 12.4. The van der Waals surface area contributed by atoms with Crippen LogP contribution in [-0.2, 0) is 26.8 Å². The number of piperidine rings is 1. The average Bonchev–Trinajstić information content (AvgIpc) is 3.25. The van der Waals surface area contributed by atoms with Gasteiger partial charge in [0, 0.05) is 29.5 Å². The van der Waals surface area contributed by atoms with Gasteiger partial charge in [0.05, 0.1) is 16.7 Å². The van der Waals surface area contributed by atoms with Crippen molar-refractivity contribution in [3.63, 3.8) is 0 Å². The van der Waals surface area contributed by atoms with E-state index in [1.807, 2.05) is 11.6 Å². The molecule has 2 aliphatic heterocycles. The number of aromatic nitrogens is 1. The molecule has 0 amide bonds. The Hall–Kier alpha value is -0.800. The smallest absolute Gasteiger partial charge is 0.216 e. The van der Waals surface area contributed by atoms with Crippen molar-refractivity contribution in [2.75, 3.05) is 19.7 Å². The normalized spacial score (nSPS) is 20.9. The summed E-state index contributed by atoms with van der Waals surface area (Å²) in [7, 11) is -3.19. The summed E-state index contributed by atoms with van der Waals surface area (Å²) in [6.07, 6.45) is 4.21. The van der Waals surface area contributed by atoms with Gasteiger partial charge in [0.1, 0.15) is 10.6 Å². The van der Waals surface area contributed by atoms with Crippen LogP contribution in [0, 0.1) is 0 Å². The second kappa shape index (κ2) is 6.42. The van der Waals surface area contributed by atoms with Gasteiger partial charge in [-0.3, -0.25) is 0 Å². The van der Waals surface area contributed by atoms with E-state index in [0.717, 1.165) is 24.3 Å². The zero-order chi connectivity index (χ0) is 17.7. The Balaban J connectivity index is 1.61. The lowest BCUT2D eigenvalue weighted by molar-refractivity contribution is -0.0862. The van der Waals surface area contributed by atoms with Crippen molar-refractivity contribution < 1.29 is 13.2 Å². The van der Waals surface area contributed by atoms with E-state index in [1.165, 1.54) is 15.3 Å². The van der Waals surface area contributed by atoms with Gasteiger partial charge >= 0.3 is 0 Å². The second-order valence-electron chi connectivity index (χ2n) is 6.89. The molecular weight excluding hydrogens is 376 g/mol. The molecule has 8 heteroatoms. The lowest BCUT2D eigenvalue weighted by Crippen LogP contribution is -2.49. The molecule has 136 valence electrons. The van der Waals surface area contributed by atoms with E-state index in [0.29, 0.717) is 19.7 Å². The Morgan fingerprint density at radius 1 is 1.32 bits per heavy atom. The van der Waals surface area contributed by atoms with Gasteiger partial charge in [0.25, 0.3) is 0 Å². The van der Waals surface area contributed by atoms with E-state index in [2.05, 4.69) is 11.1 Å². The Morgan fingerprint density at radius 2 is 2.08 bits per heavy atom. The first kappa shape index (κ1) is 17.6. The van der Waals surface area contributed by atoms with Crippen molar-refractivity contribution in [3.8, 4) is 9.88 Å². The number of thiazole rings is 1. The zero-order valence-electron chi connectivity index (χ0n) is 14.4. The predicted molar refractivity (Wildman–Crippen MR) is 102 cm³/mol. The van der Waals surface area contributed by atoms with E-state index in [4.69, 9.17) is 4.74 Å². The number of sulfonamides is 1. The molecule has 0 aliphatic carbocycles. The van der Waals surface area contributed by atoms with Crippen molar-refractivity contribution in [3.05, 3.63) is 28.1 Å². The minimum Gasteiger partial charge on any atom is -0.369 e. The molecule has 0 bridgehead atoms. The van der Waals surface area contributed by atoms with Crippen LogP contribution in [-0.4, -0.2) is 42.7 Å². The standard InChI is InChI=1S/C17H22N2O3S3/c1-12(2)25(20,21)19-7-4-17(5-8-19)15-13(3-9-22-17)11-14(24-15)16-18-6-10-23-16/h6,10-12H,3-5,7-9H2,1-2H3. The topological polar surface area (TPSA) is 59.5 Å². The van der Waals surface area contributed by atoms with Gasteiger partial charge < -0.3 is 4.74 Å². The maximum absolute atomic E-state index is 12.4. The fraction of sp³-hybridized carbons (Fsp3) is 0.588. The lowest BCUT2D eigenvalue weighted by atomic mass is 9.86. The Kier molecular flexibility index (Phi) is 4.52. The van der Waals surface area contributed by atoms with E-state index < -0.39 is 10.0 Å². The molecule has 0 radical (unpaired) electrons. The van der Waals surface area contributed by atoms with E-state index in [1.54, 1.807) is 40.8 Å². The number of ether oxygens (including phenoxy) is 1. The van der Waals surface area contributed by atoms with Crippen molar-refractivity contribution >= 4 is 32.7 Å². The number of nitrogens with zero attached hydrogens (tertiary/aromatic N) is 2. The lowest BCUT2D eigenvalue weighted by Gasteiger charge is -2.43. The van der Waals surface area contributed by atoms with Crippen LogP contribution < -0.4 is 0 Å². The molecule has 2 aromatic heterocycles. The SMILES string of the molecule is CC(C)S(=O)(=O)N1CCC2(CC1)OCCc1cc(-c3nccs3)sc12. The minimum absolute atomic E-state index is 0.323. The zero-order valence-corrected chi connectivity index (χ0v) is 16.8. The fourth-order valence-corrected chi connectivity index (χ4v) is 7.05. The van der Waals surface area contributed by atoms with Gasteiger partial charge in [0.2, 0.25) is 10.0 Å². The highest BCUT2D eigenvalue weighted by atomic mass is 32.2. The molecular formula is C17H22N2O3S3. The van der Waals surface area contributed by atoms with Gasteiger partial charge in [-0.15, -0.1) is 22.7 Å². The van der Waals surface area contributed by atoms with Crippen molar-refractivity contribution in [1.29, 1.82) is 0 Å². The van der Waals surface area contributed by atoms with E-state index >= 15 is 0 Å². The predicted octanol–water partition coefficient (Wildman–Crippen LogP) is 3.47. The van der Waals surface area contributed by atoms with Crippen LogP contribution in [0.2, 0.25) is 0 Å². The number of fused-ring (bicyclic) bond motifs is 2. The van der Waals surface area contributed by atoms with Crippen LogP contribution in [0.3, 0.4) is 0 Å². The van der Waals surface area contributed by atoms with Crippen LogP contribution in [0.4, 0.5) is 0 Å². The van der Waals surface area contributed by atoms with Gasteiger partial charge in [0.15, 0.2) is 0 Å². The molecule has 0 aromatic carbocycles. The molecule has 0 N–H and O–H groups in total. The molecule has 4 heterocycles. The van der Waals surface area contributed by atoms with Crippen LogP contribution in [0.15, 0.2) is 17.6 Å². The highest BCUT2D eigenvalue weighted by molar-refractivity contribution is 7.89. The molecule has 2 aromatic rings. The molecule has 5 nitrogen and oxygen atoms in total. The third kappa shape index (κ3) is 2.98. The van der Waals surface area contributed by atoms with Crippen molar-refractivity contribution in [2.24, 2.45) is 0 Å². The van der Waals surface area contributed by atoms with Crippen molar-refractivity contribution in [2.45, 2.75) is 44.0 Å². The van der Waals surface area contributed by atoms with Crippen LogP contribution in [0.25, 0.3) is 9.88 Å². The van der Waals surface area contributed by atoms with E-state index in [9.17, 15) is 8.42 Å². The summed E-state index contributed by atoms with van der Waals surface area (Å²) in [5.74, 6) is 0. The van der Waals surface area contributed by atoms with E-state index in [-0.39, 0.29) is 10.9 Å². The number of hydrogen-bond donors (Lipinski definition) is 0. The average molecular weight is 399 g/mol. The largest absolute Gasteiger partial charge is 0.369 e. The van der Waals surface area contributed by atoms with Gasteiger partial charge in [-0.05, 0) is 44.7 Å². The first-order valence-corrected chi connectivity index (χ1v) is 11.8. The molecule has 4 rings (SSSR count). The molecule has 0 atom stereocenters. The summed E-state index contributed by atoms with van der Waals surface area (Å²) in [6.45, 7) is 5.26. The molecule has 1 saturated heterocycles. The number of hydrogen-bond acceptors (Lipinski definition) is 6. The number of thiophene rings is 1. The van der Waals surface area contributed by atoms with Gasteiger partial charge in [-0.2, -0.15) is 0 Å². The van der Waals surface area contributed by atoms with Crippen LogP contribution in [0.5, 0.6) is 0 Å². The molecule has 0 saturated carbocycles. The van der Waals surface area contributed by atoms with Crippen LogP contribution >= 0.6 is 22.7 Å². The first-order chi connectivity index (χ1) is 11.9. The second-order valence-corrected chi connectivity index (χ2v) is 11.3. The highest BCUT2D eigenvalue weighted by Gasteiger charge is 2.44. The summed E-state index contributed by atoms with van der Waals surface area (Å²) in [4.78, 5) is 6.91. The molecule has 25 heavy (non-hydrogen) atoms. The minimum atomic E-state index is -3.19. The van der Waals surface area contributed by atoms with Gasteiger partial charge in [-0.1, -0.05) is 0 Å². The highest BCUT2D eigenvalue weighted by Crippen LogP contribution is 2.48. The third-order valence-corrected chi connectivity index (χ3v) is 9.68. The maximum Gasteiger partial charge on any atom is 0.216 e. The molecule has 2 aliphatic rings. The first-order valence-electron chi connectivity index (χ1n) is 8.58. The summed E-state index contributed by atoms with van der Waals surface area (Å²) in [5, 5.41) is 2.67. The Morgan fingerprint density at radius 3 is 2.72 bits per heavy atom. The Labute approximate surface area is 156 Å². The summed E-state index contributed by atoms with van der Waals surface area (Å²) >= 11 is 3.42. The van der Waals surface area contributed by atoms with Crippen molar-refractivity contribution in [1.82, 2.24) is 9.29 Å². The Bertz CT molecular complexity index is 848. The van der Waals surface area contributed by atoms with Crippen LogP contribution in [0.1, 0.15) is 37.1 Å². The molecule has 0 unspecified atom stereocenters. The van der Waals surface area contributed by atoms with Gasteiger partial charge in [-0.25, -0.2) is 17.7 Å². The summed E-state index contributed by atoms with van der Waals surface area (Å²) in [5.41, 5.74) is 1.03. The summed E-state index contributed by atoms with van der Waals surface area (Å²) < 4.78 is 32.8. The fourth-order valence-electron chi connectivity index (χ4n) is 3.64. The monoisotopic (exact) mass is 398 g/mol. The quantitative estimate of drug-likeness (QED) is 0.794. The molecule has 1 fully saturated rings.